The van der Waals surface area contributed by atoms with Crippen LogP contribution < -0.4 is 0 Å². The molecule has 0 aromatic carbocycles. The van der Waals surface area contributed by atoms with Crippen LogP contribution in [-0.4, -0.2) is 25.2 Å². The van der Waals surface area contributed by atoms with Gasteiger partial charge in [-0.05, 0) is 25.7 Å². The second-order valence-electron chi connectivity index (χ2n) is 5.09. The average molecular weight is 282 g/mol. The van der Waals surface area contributed by atoms with Crippen molar-refractivity contribution in [2.24, 2.45) is 11.8 Å². The van der Waals surface area contributed by atoms with Crippen molar-refractivity contribution in [3.8, 4) is 0 Å². The molecule has 20 heavy (non-hydrogen) atoms. The minimum absolute atomic E-state index is 0.124. The fourth-order valence-corrected chi connectivity index (χ4v) is 1.62. The van der Waals surface area contributed by atoms with E-state index in [2.05, 4.69) is 0 Å². The van der Waals surface area contributed by atoms with Crippen molar-refractivity contribution < 1.29 is 19.1 Å². The molecule has 0 rings (SSSR count). The maximum atomic E-state index is 12.1. The van der Waals surface area contributed by atoms with Crippen molar-refractivity contribution in [2.45, 2.75) is 41.5 Å². The van der Waals surface area contributed by atoms with E-state index in [-0.39, 0.29) is 36.2 Å². The molecule has 0 unspecified atom stereocenters. The van der Waals surface area contributed by atoms with Crippen molar-refractivity contribution in [1.29, 1.82) is 0 Å². The predicted molar refractivity (Wildman–Crippen MR) is 79.1 cm³/mol. The Morgan fingerprint density at radius 3 is 1.30 bits per heavy atom. The van der Waals surface area contributed by atoms with E-state index in [9.17, 15) is 9.59 Å². The van der Waals surface area contributed by atoms with Crippen LogP contribution in [0.2, 0.25) is 0 Å². The molecular formula is C16H26O4. The molecule has 0 fully saturated rings. The molecule has 0 saturated heterocycles. The van der Waals surface area contributed by atoms with Gasteiger partial charge in [0.15, 0.2) is 0 Å². The molecule has 0 spiro atoms. The van der Waals surface area contributed by atoms with Gasteiger partial charge in [0.25, 0.3) is 0 Å². The third-order valence-electron chi connectivity index (χ3n) is 2.28. The second-order valence-corrected chi connectivity index (χ2v) is 5.09. The summed E-state index contributed by atoms with van der Waals surface area (Å²) in [6, 6.07) is 0. The van der Waals surface area contributed by atoms with Gasteiger partial charge in [-0.3, -0.25) is 0 Å². The molecule has 0 bridgehead atoms. The Bertz CT molecular complexity index is 351. The zero-order chi connectivity index (χ0) is 15.7. The molecule has 0 N–H and O–H groups in total. The standard InChI is InChI=1S/C16H26O4/c1-7-19-15(17)13(9-11(3)4)14(10-12(5)6)16(18)20-8-2/h9-12H,7-8H2,1-6H3/b13-9+,14-10+. The molecule has 0 aliphatic rings. The van der Waals surface area contributed by atoms with Crippen LogP contribution in [0.3, 0.4) is 0 Å². The SMILES string of the molecule is CCOC(=O)C(=C/C(C)C)/C(=C\C(C)C)C(=O)OCC. The Hall–Kier alpha value is -1.58. The van der Waals surface area contributed by atoms with Crippen molar-refractivity contribution in [2.75, 3.05) is 13.2 Å². The van der Waals surface area contributed by atoms with E-state index in [0.29, 0.717) is 0 Å². The van der Waals surface area contributed by atoms with E-state index in [1.807, 2.05) is 27.7 Å². The number of rotatable bonds is 7. The fourth-order valence-electron chi connectivity index (χ4n) is 1.62. The molecule has 114 valence electrons. The lowest BCUT2D eigenvalue weighted by atomic mass is 9.98. The van der Waals surface area contributed by atoms with E-state index >= 15 is 0 Å². The molecule has 0 saturated carbocycles. The molecule has 4 heteroatoms. The van der Waals surface area contributed by atoms with Crippen LogP contribution in [0.5, 0.6) is 0 Å². The summed E-state index contributed by atoms with van der Waals surface area (Å²) < 4.78 is 10.1. The molecule has 0 heterocycles. The smallest absolute Gasteiger partial charge is 0.338 e. The van der Waals surface area contributed by atoms with Crippen LogP contribution >= 0.6 is 0 Å². The monoisotopic (exact) mass is 282 g/mol. The maximum absolute atomic E-state index is 12.1. The molecule has 4 nitrogen and oxygen atoms in total. The fraction of sp³-hybridized carbons (Fsp3) is 0.625. The topological polar surface area (TPSA) is 52.6 Å². The lowest BCUT2D eigenvalue weighted by molar-refractivity contribution is -0.142. The van der Waals surface area contributed by atoms with Gasteiger partial charge in [0, 0.05) is 0 Å². The summed E-state index contributed by atoms with van der Waals surface area (Å²) in [5.74, 6) is -0.721. The number of hydrogen-bond donors (Lipinski definition) is 0. The number of allylic oxidation sites excluding steroid dienone is 2. The zero-order valence-corrected chi connectivity index (χ0v) is 13.4. The first-order chi connectivity index (χ1) is 9.33. The third-order valence-corrected chi connectivity index (χ3v) is 2.28. The Morgan fingerprint density at radius 1 is 0.800 bits per heavy atom. The normalized spacial score (nSPS) is 12.8. The van der Waals surface area contributed by atoms with Crippen molar-refractivity contribution in [3.05, 3.63) is 23.3 Å². The summed E-state index contributed by atoms with van der Waals surface area (Å²) in [5.41, 5.74) is 0.572. The van der Waals surface area contributed by atoms with E-state index in [1.165, 1.54) is 0 Å². The summed E-state index contributed by atoms with van der Waals surface area (Å²) in [5, 5.41) is 0. The first-order valence-electron chi connectivity index (χ1n) is 7.11. The molecule has 0 aromatic heterocycles. The Morgan fingerprint density at radius 2 is 1.10 bits per heavy atom. The van der Waals surface area contributed by atoms with Gasteiger partial charge in [0.1, 0.15) is 0 Å². The van der Waals surface area contributed by atoms with E-state index in [1.54, 1.807) is 26.0 Å². The Balaban J connectivity index is 5.64. The first-order valence-corrected chi connectivity index (χ1v) is 7.11. The number of ether oxygens (including phenoxy) is 2. The predicted octanol–water partition coefficient (Wildman–Crippen LogP) is 3.28. The second kappa shape index (κ2) is 9.34. The van der Waals surface area contributed by atoms with Crippen molar-refractivity contribution in [1.82, 2.24) is 0 Å². The maximum Gasteiger partial charge on any atom is 0.338 e. The third kappa shape index (κ3) is 6.55. The Kier molecular flexibility index (Phi) is 8.61. The van der Waals surface area contributed by atoms with E-state index < -0.39 is 11.9 Å². The molecule has 0 amide bonds. The van der Waals surface area contributed by atoms with Gasteiger partial charge in [-0.25, -0.2) is 9.59 Å². The van der Waals surface area contributed by atoms with Crippen LogP contribution in [0.15, 0.2) is 23.3 Å². The zero-order valence-electron chi connectivity index (χ0n) is 13.4. The van der Waals surface area contributed by atoms with Gasteiger partial charge in [0.2, 0.25) is 0 Å². The Labute approximate surface area is 121 Å². The van der Waals surface area contributed by atoms with Crippen molar-refractivity contribution >= 4 is 11.9 Å². The van der Waals surface area contributed by atoms with Crippen LogP contribution in [0.4, 0.5) is 0 Å². The van der Waals surface area contributed by atoms with Gasteiger partial charge in [-0.1, -0.05) is 39.8 Å². The lowest BCUT2D eigenvalue weighted by Gasteiger charge is -2.13. The van der Waals surface area contributed by atoms with Gasteiger partial charge in [-0.15, -0.1) is 0 Å². The highest BCUT2D eigenvalue weighted by Crippen LogP contribution is 2.19. The molecule has 0 aliphatic carbocycles. The van der Waals surface area contributed by atoms with Gasteiger partial charge < -0.3 is 9.47 Å². The summed E-state index contributed by atoms with van der Waals surface area (Å²) in [4.78, 5) is 24.1. The summed E-state index contributed by atoms with van der Waals surface area (Å²) in [6.07, 6.45) is 3.48. The minimum atomic E-state index is -0.485. The van der Waals surface area contributed by atoms with Gasteiger partial charge >= 0.3 is 11.9 Å². The highest BCUT2D eigenvalue weighted by molar-refractivity contribution is 6.07. The summed E-state index contributed by atoms with van der Waals surface area (Å²) in [7, 11) is 0. The largest absolute Gasteiger partial charge is 0.462 e. The number of carbonyl (C=O) groups is 2. The van der Waals surface area contributed by atoms with Gasteiger partial charge in [0.05, 0.1) is 24.4 Å². The lowest BCUT2D eigenvalue weighted by Crippen LogP contribution is -2.18. The average Bonchev–Trinajstić information content (AvgIpc) is 2.33. The summed E-state index contributed by atoms with van der Waals surface area (Å²) >= 11 is 0. The first kappa shape index (κ1) is 18.4. The molecule has 0 atom stereocenters. The molecule has 0 aliphatic heterocycles. The van der Waals surface area contributed by atoms with Gasteiger partial charge in [-0.2, -0.15) is 0 Å². The van der Waals surface area contributed by atoms with E-state index in [0.717, 1.165) is 0 Å². The molecule has 0 aromatic rings. The van der Waals surface area contributed by atoms with E-state index in [4.69, 9.17) is 9.47 Å². The number of carbonyl (C=O) groups excluding carboxylic acids is 2. The quantitative estimate of drug-likeness (QED) is 0.408. The highest BCUT2D eigenvalue weighted by Gasteiger charge is 2.23. The molecular weight excluding hydrogens is 256 g/mol. The number of esters is 2. The van der Waals surface area contributed by atoms with Crippen LogP contribution in [0, 0.1) is 11.8 Å². The minimum Gasteiger partial charge on any atom is -0.462 e. The van der Waals surface area contributed by atoms with Crippen LogP contribution in [0.1, 0.15) is 41.5 Å². The van der Waals surface area contributed by atoms with Crippen molar-refractivity contribution in [3.63, 3.8) is 0 Å². The number of hydrogen-bond acceptors (Lipinski definition) is 4. The summed E-state index contributed by atoms with van der Waals surface area (Å²) in [6.45, 7) is 11.8. The molecule has 0 radical (unpaired) electrons. The highest BCUT2D eigenvalue weighted by atomic mass is 16.5. The van der Waals surface area contributed by atoms with Crippen LogP contribution in [-0.2, 0) is 19.1 Å². The van der Waals surface area contributed by atoms with Crippen LogP contribution in [0.25, 0.3) is 0 Å².